The lowest BCUT2D eigenvalue weighted by Crippen LogP contribution is -2.28. The molecule has 0 unspecified atom stereocenters. The Morgan fingerprint density at radius 3 is 2.42 bits per heavy atom. The molecule has 5 nitrogen and oxygen atoms in total. The van der Waals surface area contributed by atoms with Gasteiger partial charge < -0.3 is 5.32 Å². The lowest BCUT2D eigenvalue weighted by atomic mass is 10.1. The maximum atomic E-state index is 13.1. The predicted octanol–water partition coefficient (Wildman–Crippen LogP) is 4.49. The van der Waals surface area contributed by atoms with Crippen LogP contribution in [0, 0.1) is 13.8 Å². The molecule has 0 fully saturated rings. The van der Waals surface area contributed by atoms with Crippen LogP contribution in [0.4, 0.5) is 5.69 Å². The highest BCUT2D eigenvalue weighted by Crippen LogP contribution is 2.25. The second-order valence-electron chi connectivity index (χ2n) is 7.64. The van der Waals surface area contributed by atoms with Gasteiger partial charge in [0.1, 0.15) is 0 Å². The first-order valence-electron chi connectivity index (χ1n) is 10.3. The van der Waals surface area contributed by atoms with Gasteiger partial charge in [-0.05, 0) is 62.1 Å². The molecule has 0 saturated heterocycles. The maximum Gasteiger partial charge on any atom is 0.264 e. The summed E-state index contributed by atoms with van der Waals surface area (Å²) in [6.45, 7) is 4.44. The summed E-state index contributed by atoms with van der Waals surface area (Å²) >= 11 is 0. The van der Waals surface area contributed by atoms with Crippen molar-refractivity contribution in [2.75, 3.05) is 17.9 Å². The number of aryl methyl sites for hydroxylation is 3. The summed E-state index contributed by atoms with van der Waals surface area (Å²) in [5, 5.41) is 2.89. The zero-order valence-corrected chi connectivity index (χ0v) is 18.9. The van der Waals surface area contributed by atoms with Crippen molar-refractivity contribution in [2.24, 2.45) is 0 Å². The van der Waals surface area contributed by atoms with Gasteiger partial charge in [0.05, 0.1) is 10.6 Å². The number of amides is 1. The number of rotatable bonds is 8. The SMILES string of the molecule is Cc1cccc(CCCNC(=O)c2cccc(S(=O)(=O)N(C)c3ccccc3C)c2)c1. The third-order valence-electron chi connectivity index (χ3n) is 5.22. The quantitative estimate of drug-likeness (QED) is 0.529. The normalized spacial score (nSPS) is 11.2. The van der Waals surface area contributed by atoms with Gasteiger partial charge in [0.2, 0.25) is 0 Å². The molecule has 0 aliphatic carbocycles. The Kier molecular flexibility index (Phi) is 7.13. The van der Waals surface area contributed by atoms with Gasteiger partial charge in [0.25, 0.3) is 15.9 Å². The topological polar surface area (TPSA) is 66.5 Å². The molecule has 3 aromatic carbocycles. The molecule has 0 aliphatic heterocycles. The molecular weight excluding hydrogens is 408 g/mol. The van der Waals surface area contributed by atoms with Gasteiger partial charge >= 0.3 is 0 Å². The van der Waals surface area contributed by atoms with E-state index in [2.05, 4.69) is 30.4 Å². The van der Waals surface area contributed by atoms with Crippen molar-refractivity contribution in [1.82, 2.24) is 5.32 Å². The maximum absolute atomic E-state index is 13.1. The van der Waals surface area contributed by atoms with Gasteiger partial charge in [-0.2, -0.15) is 0 Å². The number of nitrogens with zero attached hydrogens (tertiary/aromatic N) is 1. The number of sulfonamides is 1. The van der Waals surface area contributed by atoms with Crippen LogP contribution in [-0.4, -0.2) is 27.9 Å². The fourth-order valence-electron chi connectivity index (χ4n) is 3.47. The molecule has 0 heterocycles. The summed E-state index contributed by atoms with van der Waals surface area (Å²) in [5.41, 5.74) is 4.25. The van der Waals surface area contributed by atoms with Gasteiger partial charge in [-0.25, -0.2) is 8.42 Å². The summed E-state index contributed by atoms with van der Waals surface area (Å²) in [4.78, 5) is 12.7. The number of hydrogen-bond acceptors (Lipinski definition) is 3. The molecule has 3 aromatic rings. The predicted molar refractivity (Wildman–Crippen MR) is 125 cm³/mol. The number of nitrogens with one attached hydrogen (secondary N) is 1. The van der Waals surface area contributed by atoms with Crippen LogP contribution in [0.1, 0.15) is 33.5 Å². The Labute approximate surface area is 184 Å². The third-order valence-corrected chi connectivity index (χ3v) is 6.99. The van der Waals surface area contributed by atoms with Crippen LogP contribution < -0.4 is 9.62 Å². The fraction of sp³-hybridized carbons (Fsp3) is 0.240. The van der Waals surface area contributed by atoms with Gasteiger partial charge in [-0.3, -0.25) is 9.10 Å². The lowest BCUT2D eigenvalue weighted by molar-refractivity contribution is 0.0953. The van der Waals surface area contributed by atoms with E-state index in [4.69, 9.17) is 0 Å². The number of benzene rings is 3. The Bertz CT molecular complexity index is 1170. The van der Waals surface area contributed by atoms with Crippen LogP contribution in [0.2, 0.25) is 0 Å². The van der Waals surface area contributed by atoms with Gasteiger partial charge in [0, 0.05) is 19.2 Å². The second-order valence-corrected chi connectivity index (χ2v) is 9.60. The number of para-hydroxylation sites is 1. The van der Waals surface area contributed by atoms with Crippen molar-refractivity contribution < 1.29 is 13.2 Å². The molecule has 6 heteroatoms. The average molecular weight is 437 g/mol. The number of hydrogen-bond donors (Lipinski definition) is 1. The van der Waals surface area contributed by atoms with E-state index in [1.807, 2.05) is 25.1 Å². The number of carbonyl (C=O) groups excluding carboxylic acids is 1. The van der Waals surface area contributed by atoms with E-state index in [0.29, 0.717) is 17.8 Å². The summed E-state index contributed by atoms with van der Waals surface area (Å²) in [6.07, 6.45) is 1.68. The van der Waals surface area contributed by atoms with Crippen LogP contribution in [0.15, 0.2) is 77.7 Å². The summed E-state index contributed by atoms with van der Waals surface area (Å²) in [5.74, 6) is -0.278. The number of anilines is 1. The summed E-state index contributed by atoms with van der Waals surface area (Å²) in [6, 6.07) is 21.8. The molecule has 0 bridgehead atoms. The molecule has 0 aromatic heterocycles. The van der Waals surface area contributed by atoms with Crippen molar-refractivity contribution in [3.05, 3.63) is 95.1 Å². The number of carbonyl (C=O) groups is 1. The third kappa shape index (κ3) is 5.52. The molecule has 0 saturated carbocycles. The van der Waals surface area contributed by atoms with E-state index in [1.165, 1.54) is 34.6 Å². The Balaban J connectivity index is 1.66. The Morgan fingerprint density at radius 1 is 0.935 bits per heavy atom. The molecule has 1 N–H and O–H groups in total. The van der Waals surface area contributed by atoms with Crippen LogP contribution in [-0.2, 0) is 16.4 Å². The minimum absolute atomic E-state index is 0.0886. The lowest BCUT2D eigenvalue weighted by Gasteiger charge is -2.21. The van der Waals surface area contributed by atoms with E-state index in [1.54, 1.807) is 24.3 Å². The average Bonchev–Trinajstić information content (AvgIpc) is 2.76. The van der Waals surface area contributed by atoms with Crippen molar-refractivity contribution >= 4 is 21.6 Å². The van der Waals surface area contributed by atoms with Crippen molar-refractivity contribution in [3.8, 4) is 0 Å². The smallest absolute Gasteiger partial charge is 0.264 e. The van der Waals surface area contributed by atoms with Crippen LogP contribution in [0.5, 0.6) is 0 Å². The molecule has 0 radical (unpaired) electrons. The van der Waals surface area contributed by atoms with Gasteiger partial charge in [-0.1, -0.05) is 54.1 Å². The molecule has 0 spiro atoms. The standard InChI is InChI=1S/C25H28N2O3S/c1-19-9-6-11-21(17-19)12-8-16-26-25(28)22-13-7-14-23(18-22)31(29,30)27(3)24-15-5-4-10-20(24)2/h4-7,9-11,13-15,17-18H,8,12,16H2,1-3H3,(H,26,28). The summed E-state index contributed by atoms with van der Waals surface area (Å²) < 4.78 is 27.4. The van der Waals surface area contributed by atoms with Crippen molar-refractivity contribution in [3.63, 3.8) is 0 Å². The Hall–Kier alpha value is -3.12. The minimum atomic E-state index is -3.78. The highest BCUT2D eigenvalue weighted by atomic mass is 32.2. The zero-order chi connectivity index (χ0) is 22.4. The molecule has 162 valence electrons. The molecule has 0 atom stereocenters. The first kappa shape index (κ1) is 22.6. The molecular formula is C25H28N2O3S. The van der Waals surface area contributed by atoms with Gasteiger partial charge in [0.15, 0.2) is 0 Å². The van der Waals surface area contributed by atoms with Crippen molar-refractivity contribution in [2.45, 2.75) is 31.6 Å². The largest absolute Gasteiger partial charge is 0.352 e. The molecule has 1 amide bonds. The molecule has 31 heavy (non-hydrogen) atoms. The van der Waals surface area contributed by atoms with E-state index >= 15 is 0 Å². The van der Waals surface area contributed by atoms with Crippen LogP contribution in [0.3, 0.4) is 0 Å². The van der Waals surface area contributed by atoms with Crippen LogP contribution in [0.25, 0.3) is 0 Å². The fourth-order valence-corrected chi connectivity index (χ4v) is 4.77. The monoisotopic (exact) mass is 436 g/mol. The summed E-state index contributed by atoms with van der Waals surface area (Å²) in [7, 11) is -2.26. The van der Waals surface area contributed by atoms with Gasteiger partial charge in [-0.15, -0.1) is 0 Å². The molecule has 0 aliphatic rings. The molecule has 3 rings (SSSR count). The first-order chi connectivity index (χ1) is 14.8. The van der Waals surface area contributed by atoms with Crippen molar-refractivity contribution in [1.29, 1.82) is 0 Å². The Morgan fingerprint density at radius 2 is 1.68 bits per heavy atom. The zero-order valence-electron chi connectivity index (χ0n) is 18.1. The van der Waals surface area contributed by atoms with E-state index in [0.717, 1.165) is 18.4 Å². The minimum Gasteiger partial charge on any atom is -0.352 e. The highest BCUT2D eigenvalue weighted by Gasteiger charge is 2.23. The van der Waals surface area contributed by atoms with E-state index in [-0.39, 0.29) is 10.8 Å². The van der Waals surface area contributed by atoms with Crippen LogP contribution >= 0.6 is 0 Å². The second kappa shape index (κ2) is 9.79. The highest BCUT2D eigenvalue weighted by molar-refractivity contribution is 7.92. The van der Waals surface area contributed by atoms with E-state index < -0.39 is 10.0 Å². The first-order valence-corrected chi connectivity index (χ1v) is 11.7. The van der Waals surface area contributed by atoms with E-state index in [9.17, 15) is 13.2 Å².